The molecule has 2 fully saturated rings. The van der Waals surface area contributed by atoms with Gasteiger partial charge >= 0.3 is 0 Å². The molecule has 2 aliphatic rings. The SMILES string of the molecule is CCC(CC)(CC)CN1CCC2(CCNCC2)C1.Cl. The van der Waals surface area contributed by atoms with Gasteiger partial charge in [-0.15, -0.1) is 12.4 Å². The molecule has 2 saturated heterocycles. The molecule has 2 heterocycles. The summed E-state index contributed by atoms with van der Waals surface area (Å²) in [6.07, 6.45) is 8.27. The largest absolute Gasteiger partial charge is 0.317 e. The van der Waals surface area contributed by atoms with E-state index in [9.17, 15) is 0 Å². The van der Waals surface area contributed by atoms with Crippen molar-refractivity contribution in [3.8, 4) is 0 Å². The predicted octanol–water partition coefficient (Wildman–Crippen LogP) is 3.70. The van der Waals surface area contributed by atoms with Gasteiger partial charge in [-0.25, -0.2) is 0 Å². The van der Waals surface area contributed by atoms with E-state index in [4.69, 9.17) is 0 Å². The predicted molar refractivity (Wildman–Crippen MR) is 86.1 cm³/mol. The first kappa shape index (κ1) is 17.3. The lowest BCUT2D eigenvalue weighted by Crippen LogP contribution is -2.41. The Morgan fingerprint density at radius 3 is 2.11 bits per heavy atom. The lowest BCUT2D eigenvalue weighted by atomic mass is 9.77. The van der Waals surface area contributed by atoms with E-state index in [0.29, 0.717) is 10.8 Å². The zero-order chi connectivity index (χ0) is 13.1. The van der Waals surface area contributed by atoms with Crippen molar-refractivity contribution < 1.29 is 0 Å². The Morgan fingerprint density at radius 1 is 1.00 bits per heavy atom. The summed E-state index contributed by atoms with van der Waals surface area (Å²) >= 11 is 0. The van der Waals surface area contributed by atoms with Crippen LogP contribution in [0.1, 0.15) is 59.3 Å². The molecule has 114 valence electrons. The maximum Gasteiger partial charge on any atom is 0.00396 e. The van der Waals surface area contributed by atoms with Crippen molar-refractivity contribution in [1.29, 1.82) is 0 Å². The van der Waals surface area contributed by atoms with Gasteiger partial charge in [0.25, 0.3) is 0 Å². The van der Waals surface area contributed by atoms with E-state index < -0.39 is 0 Å². The Balaban J connectivity index is 0.00000180. The van der Waals surface area contributed by atoms with Crippen molar-refractivity contribution in [2.24, 2.45) is 10.8 Å². The summed E-state index contributed by atoms with van der Waals surface area (Å²) in [5, 5.41) is 3.51. The van der Waals surface area contributed by atoms with Gasteiger partial charge in [0, 0.05) is 13.1 Å². The highest BCUT2D eigenvalue weighted by Gasteiger charge is 2.40. The van der Waals surface area contributed by atoms with Gasteiger partial charge in [-0.3, -0.25) is 0 Å². The molecule has 0 bridgehead atoms. The summed E-state index contributed by atoms with van der Waals surface area (Å²) in [7, 11) is 0. The summed E-state index contributed by atoms with van der Waals surface area (Å²) in [4.78, 5) is 2.78. The fourth-order valence-electron chi connectivity index (χ4n) is 4.09. The number of rotatable bonds is 5. The highest BCUT2D eigenvalue weighted by Crippen LogP contribution is 2.41. The number of nitrogens with zero attached hydrogens (tertiary/aromatic N) is 1. The van der Waals surface area contributed by atoms with E-state index in [-0.39, 0.29) is 12.4 Å². The van der Waals surface area contributed by atoms with E-state index in [2.05, 4.69) is 31.0 Å². The van der Waals surface area contributed by atoms with Crippen molar-refractivity contribution in [3.05, 3.63) is 0 Å². The quantitative estimate of drug-likeness (QED) is 0.830. The molecule has 0 radical (unpaired) electrons. The highest BCUT2D eigenvalue weighted by molar-refractivity contribution is 5.85. The van der Waals surface area contributed by atoms with Crippen LogP contribution in [0.3, 0.4) is 0 Å². The van der Waals surface area contributed by atoms with Crippen molar-refractivity contribution in [3.63, 3.8) is 0 Å². The Kier molecular flexibility index (Phi) is 6.62. The van der Waals surface area contributed by atoms with Gasteiger partial charge in [-0.1, -0.05) is 20.8 Å². The van der Waals surface area contributed by atoms with Crippen LogP contribution in [0.15, 0.2) is 0 Å². The molecule has 1 N–H and O–H groups in total. The van der Waals surface area contributed by atoms with Crippen molar-refractivity contribution in [2.45, 2.75) is 59.3 Å². The molecular weight excluding hydrogens is 256 g/mol. The molecule has 1 spiro atoms. The Bertz CT molecular complexity index is 249. The Morgan fingerprint density at radius 2 is 1.58 bits per heavy atom. The summed E-state index contributed by atoms with van der Waals surface area (Å²) in [6, 6.07) is 0. The lowest BCUT2D eigenvalue weighted by Gasteiger charge is -2.37. The van der Waals surface area contributed by atoms with E-state index in [1.54, 1.807) is 0 Å². The molecule has 0 aromatic rings. The smallest absolute Gasteiger partial charge is 0.00396 e. The van der Waals surface area contributed by atoms with Crippen molar-refractivity contribution >= 4 is 12.4 Å². The molecular formula is C16H33ClN2. The van der Waals surface area contributed by atoms with Crippen LogP contribution in [0.25, 0.3) is 0 Å². The van der Waals surface area contributed by atoms with E-state index in [1.807, 2.05) is 0 Å². The third-order valence-electron chi connectivity index (χ3n) is 5.99. The standard InChI is InChI=1S/C16H32N2.ClH/c1-4-15(5-2,6-3)13-18-12-9-16(14-18)7-10-17-11-8-16;/h17H,4-14H2,1-3H3;1H. The van der Waals surface area contributed by atoms with Gasteiger partial charge in [0.2, 0.25) is 0 Å². The number of piperidine rings is 1. The van der Waals surface area contributed by atoms with E-state index in [0.717, 1.165) is 0 Å². The minimum absolute atomic E-state index is 0. The van der Waals surface area contributed by atoms with Crippen LogP contribution in [-0.2, 0) is 0 Å². The summed E-state index contributed by atoms with van der Waals surface area (Å²) < 4.78 is 0. The Hall–Kier alpha value is 0.210. The second-order valence-electron chi connectivity index (χ2n) is 6.77. The second-order valence-corrected chi connectivity index (χ2v) is 6.77. The molecule has 2 rings (SSSR count). The molecule has 0 aromatic carbocycles. The highest BCUT2D eigenvalue weighted by atomic mass is 35.5. The number of nitrogens with one attached hydrogen (secondary N) is 1. The number of hydrogen-bond donors (Lipinski definition) is 1. The average molecular weight is 289 g/mol. The first-order valence-electron chi connectivity index (χ1n) is 8.11. The molecule has 0 aliphatic carbocycles. The van der Waals surface area contributed by atoms with Crippen LogP contribution in [0.2, 0.25) is 0 Å². The van der Waals surface area contributed by atoms with Crippen LogP contribution >= 0.6 is 12.4 Å². The summed E-state index contributed by atoms with van der Waals surface area (Å²) in [5.74, 6) is 0. The maximum absolute atomic E-state index is 3.51. The third kappa shape index (κ3) is 3.86. The minimum Gasteiger partial charge on any atom is -0.317 e. The fraction of sp³-hybridized carbons (Fsp3) is 1.00. The van der Waals surface area contributed by atoms with Gasteiger partial charge in [0.1, 0.15) is 0 Å². The van der Waals surface area contributed by atoms with Crippen molar-refractivity contribution in [1.82, 2.24) is 10.2 Å². The van der Waals surface area contributed by atoms with Gasteiger partial charge in [-0.2, -0.15) is 0 Å². The monoisotopic (exact) mass is 288 g/mol. The fourth-order valence-corrected chi connectivity index (χ4v) is 4.09. The first-order chi connectivity index (χ1) is 8.67. The van der Waals surface area contributed by atoms with Gasteiger partial charge in [0.15, 0.2) is 0 Å². The molecule has 0 atom stereocenters. The number of likely N-dealkylation sites (tertiary alicyclic amines) is 1. The summed E-state index contributed by atoms with van der Waals surface area (Å²) in [5.41, 5.74) is 1.25. The van der Waals surface area contributed by atoms with Gasteiger partial charge in [-0.05, 0) is 69.0 Å². The lowest BCUT2D eigenvalue weighted by molar-refractivity contribution is 0.129. The minimum atomic E-state index is 0. The van der Waals surface area contributed by atoms with Crippen LogP contribution in [0.4, 0.5) is 0 Å². The molecule has 0 unspecified atom stereocenters. The topological polar surface area (TPSA) is 15.3 Å². The average Bonchev–Trinajstić information content (AvgIpc) is 2.79. The number of halogens is 1. The first-order valence-corrected chi connectivity index (χ1v) is 8.11. The second kappa shape index (κ2) is 7.28. The molecule has 0 aromatic heterocycles. The molecule has 19 heavy (non-hydrogen) atoms. The van der Waals surface area contributed by atoms with Gasteiger partial charge in [0.05, 0.1) is 0 Å². The molecule has 3 heteroatoms. The Labute approximate surface area is 126 Å². The van der Waals surface area contributed by atoms with E-state index >= 15 is 0 Å². The summed E-state index contributed by atoms with van der Waals surface area (Å²) in [6.45, 7) is 13.7. The molecule has 0 saturated carbocycles. The van der Waals surface area contributed by atoms with E-state index in [1.165, 1.54) is 71.2 Å². The van der Waals surface area contributed by atoms with Crippen LogP contribution in [0.5, 0.6) is 0 Å². The maximum atomic E-state index is 3.51. The van der Waals surface area contributed by atoms with Crippen molar-refractivity contribution in [2.75, 3.05) is 32.7 Å². The molecule has 2 aliphatic heterocycles. The normalized spacial score (nSPS) is 23.5. The zero-order valence-corrected chi connectivity index (χ0v) is 14.0. The van der Waals surface area contributed by atoms with Crippen LogP contribution in [0, 0.1) is 10.8 Å². The zero-order valence-electron chi connectivity index (χ0n) is 13.1. The third-order valence-corrected chi connectivity index (χ3v) is 5.99. The molecule has 2 nitrogen and oxygen atoms in total. The van der Waals surface area contributed by atoms with Crippen LogP contribution in [-0.4, -0.2) is 37.6 Å². The van der Waals surface area contributed by atoms with Crippen LogP contribution < -0.4 is 5.32 Å². The van der Waals surface area contributed by atoms with Gasteiger partial charge < -0.3 is 10.2 Å². The number of hydrogen-bond acceptors (Lipinski definition) is 2. The molecule has 0 amide bonds.